The van der Waals surface area contributed by atoms with Crippen LogP contribution in [0.1, 0.15) is 40.8 Å². The SMILES string of the molecule is CCNC(Cc1c(C)cccc1C)c1cccc(C)c1Br. The molecule has 21 heavy (non-hydrogen) atoms. The third kappa shape index (κ3) is 3.75. The highest BCUT2D eigenvalue weighted by Crippen LogP contribution is 2.30. The molecule has 0 fully saturated rings. The summed E-state index contributed by atoms with van der Waals surface area (Å²) in [5.41, 5.74) is 6.84. The van der Waals surface area contributed by atoms with Gasteiger partial charge in [0.1, 0.15) is 0 Å². The van der Waals surface area contributed by atoms with Crippen molar-refractivity contribution in [3.8, 4) is 0 Å². The Labute approximate surface area is 136 Å². The molecule has 2 rings (SSSR count). The minimum atomic E-state index is 0.337. The number of benzene rings is 2. The number of aryl methyl sites for hydroxylation is 3. The van der Waals surface area contributed by atoms with Crippen molar-refractivity contribution in [2.45, 2.75) is 40.2 Å². The molecule has 0 radical (unpaired) electrons. The maximum absolute atomic E-state index is 3.76. The highest BCUT2D eigenvalue weighted by atomic mass is 79.9. The van der Waals surface area contributed by atoms with Crippen molar-refractivity contribution in [1.82, 2.24) is 5.32 Å². The first-order valence-corrected chi connectivity index (χ1v) is 8.37. The lowest BCUT2D eigenvalue weighted by atomic mass is 9.92. The number of rotatable bonds is 5. The second-order valence-electron chi connectivity index (χ2n) is 5.66. The van der Waals surface area contributed by atoms with Crippen molar-refractivity contribution in [3.05, 3.63) is 68.7 Å². The lowest BCUT2D eigenvalue weighted by Gasteiger charge is -2.22. The third-order valence-corrected chi connectivity index (χ3v) is 5.18. The summed E-state index contributed by atoms with van der Waals surface area (Å²) >= 11 is 3.76. The minimum absolute atomic E-state index is 0.337. The van der Waals surface area contributed by atoms with Crippen LogP contribution in [0.15, 0.2) is 40.9 Å². The van der Waals surface area contributed by atoms with Gasteiger partial charge < -0.3 is 5.32 Å². The van der Waals surface area contributed by atoms with Gasteiger partial charge in [0.05, 0.1) is 0 Å². The van der Waals surface area contributed by atoms with Crippen molar-refractivity contribution in [2.24, 2.45) is 0 Å². The topological polar surface area (TPSA) is 12.0 Å². The maximum atomic E-state index is 3.76. The van der Waals surface area contributed by atoms with Crippen LogP contribution in [0.3, 0.4) is 0 Å². The van der Waals surface area contributed by atoms with Crippen molar-refractivity contribution >= 4 is 15.9 Å². The fourth-order valence-electron chi connectivity index (χ4n) is 2.85. The van der Waals surface area contributed by atoms with Crippen LogP contribution in [-0.4, -0.2) is 6.54 Å². The fraction of sp³-hybridized carbons (Fsp3) is 0.368. The van der Waals surface area contributed by atoms with Crippen LogP contribution in [0.5, 0.6) is 0 Å². The van der Waals surface area contributed by atoms with Crippen molar-refractivity contribution in [2.75, 3.05) is 6.54 Å². The van der Waals surface area contributed by atoms with E-state index in [-0.39, 0.29) is 0 Å². The van der Waals surface area contributed by atoms with Gasteiger partial charge >= 0.3 is 0 Å². The highest BCUT2D eigenvalue weighted by Gasteiger charge is 2.17. The first-order valence-electron chi connectivity index (χ1n) is 7.58. The predicted octanol–water partition coefficient (Wildman–Crippen LogP) is 5.27. The number of nitrogens with one attached hydrogen (secondary N) is 1. The van der Waals surface area contributed by atoms with Gasteiger partial charge in [0, 0.05) is 10.5 Å². The van der Waals surface area contributed by atoms with Crippen LogP contribution in [0.2, 0.25) is 0 Å². The zero-order valence-corrected chi connectivity index (χ0v) is 14.9. The molecule has 112 valence electrons. The van der Waals surface area contributed by atoms with E-state index in [0.29, 0.717) is 6.04 Å². The van der Waals surface area contributed by atoms with Gasteiger partial charge in [0.25, 0.3) is 0 Å². The van der Waals surface area contributed by atoms with Gasteiger partial charge in [-0.15, -0.1) is 0 Å². The molecule has 0 aliphatic rings. The normalized spacial score (nSPS) is 12.4. The van der Waals surface area contributed by atoms with Gasteiger partial charge in [0.2, 0.25) is 0 Å². The third-order valence-electron chi connectivity index (χ3n) is 4.10. The molecule has 1 nitrogen and oxygen atoms in total. The second kappa shape index (κ2) is 7.24. The van der Waals surface area contributed by atoms with E-state index in [1.54, 1.807) is 0 Å². The number of likely N-dealkylation sites (N-methyl/N-ethyl adjacent to an activating group) is 1. The molecule has 0 spiro atoms. The molecule has 2 aromatic rings. The number of hydrogen-bond donors (Lipinski definition) is 1. The van der Waals surface area contributed by atoms with Gasteiger partial charge in [-0.25, -0.2) is 0 Å². The average Bonchev–Trinajstić information content (AvgIpc) is 2.45. The van der Waals surface area contributed by atoms with E-state index in [4.69, 9.17) is 0 Å². The summed E-state index contributed by atoms with van der Waals surface area (Å²) in [5, 5.41) is 3.64. The quantitative estimate of drug-likeness (QED) is 0.778. The summed E-state index contributed by atoms with van der Waals surface area (Å²) in [5.74, 6) is 0. The summed E-state index contributed by atoms with van der Waals surface area (Å²) in [4.78, 5) is 0. The molecule has 0 saturated heterocycles. The van der Waals surface area contributed by atoms with Crippen LogP contribution in [0, 0.1) is 20.8 Å². The van der Waals surface area contributed by atoms with Crippen molar-refractivity contribution < 1.29 is 0 Å². The number of hydrogen-bond acceptors (Lipinski definition) is 1. The summed E-state index contributed by atoms with van der Waals surface area (Å²) in [6, 6.07) is 13.4. The Morgan fingerprint density at radius 1 is 0.952 bits per heavy atom. The van der Waals surface area contributed by atoms with Gasteiger partial charge in [-0.3, -0.25) is 0 Å². The van der Waals surface area contributed by atoms with E-state index in [1.807, 2.05) is 0 Å². The van der Waals surface area contributed by atoms with E-state index in [9.17, 15) is 0 Å². The molecule has 2 aromatic carbocycles. The Balaban J connectivity index is 2.38. The summed E-state index contributed by atoms with van der Waals surface area (Å²) in [7, 11) is 0. The van der Waals surface area contributed by atoms with Crippen LogP contribution >= 0.6 is 15.9 Å². The predicted molar refractivity (Wildman–Crippen MR) is 94.9 cm³/mol. The molecule has 1 N–H and O–H groups in total. The Hall–Kier alpha value is -1.12. The van der Waals surface area contributed by atoms with Crippen LogP contribution in [-0.2, 0) is 6.42 Å². The summed E-state index contributed by atoms with van der Waals surface area (Å²) < 4.78 is 1.22. The Morgan fingerprint density at radius 3 is 2.14 bits per heavy atom. The van der Waals surface area contributed by atoms with Crippen molar-refractivity contribution in [1.29, 1.82) is 0 Å². The van der Waals surface area contributed by atoms with Gasteiger partial charge in [-0.2, -0.15) is 0 Å². The smallest absolute Gasteiger partial charge is 0.0372 e. The number of halogens is 1. The van der Waals surface area contributed by atoms with E-state index in [1.165, 1.54) is 32.3 Å². The standard InChI is InChI=1S/C19H24BrN/c1-5-21-18(16-11-7-10-15(4)19(16)20)12-17-13(2)8-6-9-14(17)3/h6-11,18,21H,5,12H2,1-4H3. The van der Waals surface area contributed by atoms with Crippen LogP contribution in [0.25, 0.3) is 0 Å². The van der Waals surface area contributed by atoms with E-state index >= 15 is 0 Å². The largest absolute Gasteiger partial charge is 0.310 e. The molecule has 1 atom stereocenters. The first-order chi connectivity index (χ1) is 10.0. The fourth-order valence-corrected chi connectivity index (χ4v) is 3.39. The van der Waals surface area contributed by atoms with Gasteiger partial charge in [-0.1, -0.05) is 59.3 Å². The molecule has 0 aliphatic carbocycles. The maximum Gasteiger partial charge on any atom is 0.0372 e. The molecular weight excluding hydrogens is 322 g/mol. The summed E-state index contributed by atoms with van der Waals surface area (Å²) in [6.07, 6.45) is 1.02. The molecule has 0 aliphatic heterocycles. The lowest BCUT2D eigenvalue weighted by molar-refractivity contribution is 0.545. The van der Waals surface area contributed by atoms with E-state index < -0.39 is 0 Å². The van der Waals surface area contributed by atoms with Crippen LogP contribution < -0.4 is 5.32 Å². The Morgan fingerprint density at radius 2 is 1.52 bits per heavy atom. The van der Waals surface area contributed by atoms with Crippen molar-refractivity contribution in [3.63, 3.8) is 0 Å². The zero-order valence-electron chi connectivity index (χ0n) is 13.3. The van der Waals surface area contributed by atoms with Gasteiger partial charge in [0.15, 0.2) is 0 Å². The van der Waals surface area contributed by atoms with E-state index in [0.717, 1.165) is 13.0 Å². The Kier molecular flexibility index (Phi) is 5.60. The zero-order chi connectivity index (χ0) is 15.4. The first kappa shape index (κ1) is 16.3. The molecule has 0 saturated carbocycles. The lowest BCUT2D eigenvalue weighted by Crippen LogP contribution is -2.24. The van der Waals surface area contributed by atoms with E-state index in [2.05, 4.69) is 85.3 Å². The van der Waals surface area contributed by atoms with Gasteiger partial charge in [-0.05, 0) is 61.6 Å². The highest BCUT2D eigenvalue weighted by molar-refractivity contribution is 9.10. The molecule has 1 unspecified atom stereocenters. The summed E-state index contributed by atoms with van der Waals surface area (Å²) in [6.45, 7) is 9.69. The Bertz CT molecular complexity index is 599. The second-order valence-corrected chi connectivity index (χ2v) is 6.46. The average molecular weight is 346 g/mol. The molecule has 0 bridgehead atoms. The minimum Gasteiger partial charge on any atom is -0.310 e. The molecular formula is C19H24BrN. The molecule has 0 amide bonds. The molecule has 0 aromatic heterocycles. The van der Waals surface area contributed by atoms with Crippen LogP contribution in [0.4, 0.5) is 0 Å². The monoisotopic (exact) mass is 345 g/mol. The molecule has 0 heterocycles. The molecule has 2 heteroatoms.